The number of oxazole rings is 1. The van der Waals surface area contributed by atoms with Crippen molar-refractivity contribution >= 4 is 23.1 Å². The van der Waals surface area contributed by atoms with E-state index in [9.17, 15) is 9.90 Å². The Morgan fingerprint density at radius 3 is 2.85 bits per heavy atom. The summed E-state index contributed by atoms with van der Waals surface area (Å²) in [7, 11) is 0. The first kappa shape index (κ1) is 12.2. The molecule has 102 valence electrons. The maximum atomic E-state index is 11.7. The number of fused-ring (bicyclic) bond motifs is 1. The second kappa shape index (κ2) is 4.69. The highest BCUT2D eigenvalue weighted by atomic mass is 16.4. The Balaban J connectivity index is 1.96. The summed E-state index contributed by atoms with van der Waals surface area (Å²) in [4.78, 5) is 22.3. The van der Waals surface area contributed by atoms with Gasteiger partial charge in [-0.1, -0.05) is 19.1 Å². The maximum Gasteiger partial charge on any atom is 0.302 e. The molecule has 0 aliphatic heterocycles. The van der Waals surface area contributed by atoms with Crippen LogP contribution in [0.1, 0.15) is 12.5 Å². The van der Waals surface area contributed by atoms with Crippen molar-refractivity contribution in [2.75, 3.05) is 5.32 Å². The molecule has 7 heteroatoms. The first-order valence-corrected chi connectivity index (χ1v) is 6.12. The van der Waals surface area contributed by atoms with E-state index in [1.165, 1.54) is 0 Å². The van der Waals surface area contributed by atoms with Crippen LogP contribution in [-0.4, -0.2) is 20.1 Å². The van der Waals surface area contributed by atoms with E-state index >= 15 is 0 Å². The Bertz CT molecular complexity index is 789. The van der Waals surface area contributed by atoms with Gasteiger partial charge in [0.25, 0.3) is 5.56 Å². The third-order valence-electron chi connectivity index (χ3n) is 2.87. The Kier molecular flexibility index (Phi) is 2.86. The number of rotatable bonds is 3. The number of aromatic nitrogens is 3. The molecule has 0 bridgehead atoms. The van der Waals surface area contributed by atoms with E-state index in [1.54, 1.807) is 19.1 Å². The quantitative estimate of drug-likeness (QED) is 0.673. The standard InChI is InChI=1S/C13H12N4O3/c1-2-7-10(18)15-12(16-11(7)19)17-13-14-8-5-3-4-6-9(8)20-13/h3-6H,2H2,1H3,(H3,14,15,16,17,18,19). The number of hydrogen-bond acceptors (Lipinski definition) is 6. The zero-order valence-electron chi connectivity index (χ0n) is 10.7. The zero-order chi connectivity index (χ0) is 14.1. The lowest BCUT2D eigenvalue weighted by Gasteiger charge is -2.03. The van der Waals surface area contributed by atoms with E-state index < -0.39 is 5.56 Å². The highest BCUT2D eigenvalue weighted by Gasteiger charge is 2.11. The van der Waals surface area contributed by atoms with Gasteiger partial charge in [-0.25, -0.2) is 0 Å². The van der Waals surface area contributed by atoms with Crippen LogP contribution in [0, 0.1) is 0 Å². The topological polar surface area (TPSA) is 104 Å². The number of aromatic amines is 1. The minimum absolute atomic E-state index is 0.0799. The molecule has 0 radical (unpaired) electrons. The lowest BCUT2D eigenvalue weighted by molar-refractivity contribution is 0.444. The van der Waals surface area contributed by atoms with E-state index in [0.29, 0.717) is 17.5 Å². The van der Waals surface area contributed by atoms with Gasteiger partial charge >= 0.3 is 6.01 Å². The molecule has 0 saturated heterocycles. The van der Waals surface area contributed by atoms with Crippen LogP contribution in [-0.2, 0) is 6.42 Å². The summed E-state index contributed by atoms with van der Waals surface area (Å²) in [5.41, 5.74) is 1.16. The Labute approximate surface area is 113 Å². The summed E-state index contributed by atoms with van der Waals surface area (Å²) in [5, 5.41) is 12.4. The van der Waals surface area contributed by atoms with Crippen molar-refractivity contribution in [3.05, 3.63) is 40.2 Å². The predicted molar refractivity (Wildman–Crippen MR) is 73.2 cm³/mol. The van der Waals surface area contributed by atoms with Crippen molar-refractivity contribution in [3.8, 4) is 5.88 Å². The van der Waals surface area contributed by atoms with Crippen LogP contribution in [0.25, 0.3) is 11.1 Å². The summed E-state index contributed by atoms with van der Waals surface area (Å²) in [6.07, 6.45) is 0.400. The van der Waals surface area contributed by atoms with Gasteiger partial charge in [0, 0.05) is 0 Å². The van der Waals surface area contributed by atoms with Gasteiger partial charge in [-0.3, -0.25) is 15.1 Å². The van der Waals surface area contributed by atoms with Gasteiger partial charge < -0.3 is 9.52 Å². The lowest BCUT2D eigenvalue weighted by Crippen LogP contribution is -2.15. The molecular formula is C13H12N4O3. The highest BCUT2D eigenvalue weighted by molar-refractivity contribution is 5.74. The molecule has 0 saturated carbocycles. The van der Waals surface area contributed by atoms with Gasteiger partial charge in [0.05, 0.1) is 5.56 Å². The summed E-state index contributed by atoms with van der Waals surface area (Å²) in [6.45, 7) is 1.76. The number of para-hydroxylation sites is 2. The molecule has 2 aromatic heterocycles. The highest BCUT2D eigenvalue weighted by Crippen LogP contribution is 2.20. The Morgan fingerprint density at radius 2 is 2.15 bits per heavy atom. The molecule has 2 heterocycles. The van der Waals surface area contributed by atoms with Gasteiger partial charge in [-0.15, -0.1) is 0 Å². The third kappa shape index (κ3) is 2.09. The molecule has 20 heavy (non-hydrogen) atoms. The smallest absolute Gasteiger partial charge is 0.302 e. The molecule has 3 rings (SSSR count). The van der Waals surface area contributed by atoms with Gasteiger partial charge in [0.1, 0.15) is 5.52 Å². The maximum absolute atomic E-state index is 11.7. The Hall–Kier alpha value is -2.83. The van der Waals surface area contributed by atoms with E-state index in [-0.39, 0.29) is 23.4 Å². The third-order valence-corrected chi connectivity index (χ3v) is 2.87. The summed E-state index contributed by atoms with van der Waals surface area (Å²) in [5.74, 6) is -0.217. The predicted octanol–water partition coefficient (Wildman–Crippen LogP) is 1.92. The minimum Gasteiger partial charge on any atom is -0.493 e. The van der Waals surface area contributed by atoms with Gasteiger partial charge in [0.15, 0.2) is 5.58 Å². The van der Waals surface area contributed by atoms with Gasteiger partial charge in [-0.2, -0.15) is 9.97 Å². The van der Waals surface area contributed by atoms with Gasteiger partial charge in [0.2, 0.25) is 11.8 Å². The lowest BCUT2D eigenvalue weighted by atomic mass is 10.2. The summed E-state index contributed by atoms with van der Waals surface area (Å²) >= 11 is 0. The van der Waals surface area contributed by atoms with Crippen LogP contribution >= 0.6 is 0 Å². The second-order valence-electron chi connectivity index (χ2n) is 4.18. The number of nitrogens with zero attached hydrogens (tertiary/aromatic N) is 2. The summed E-state index contributed by atoms with van der Waals surface area (Å²) < 4.78 is 5.44. The molecule has 0 spiro atoms. The van der Waals surface area contributed by atoms with Crippen molar-refractivity contribution in [1.82, 2.24) is 15.0 Å². The SMILES string of the molecule is CCc1c(O)nc(Nc2nc3ccccc3o2)[nH]c1=O. The molecule has 1 aromatic carbocycles. The molecule has 3 N–H and O–H groups in total. The van der Waals surface area contributed by atoms with E-state index in [0.717, 1.165) is 0 Å². The van der Waals surface area contributed by atoms with Crippen molar-refractivity contribution in [2.24, 2.45) is 0 Å². The molecule has 0 amide bonds. The first-order valence-electron chi connectivity index (χ1n) is 6.12. The Morgan fingerprint density at radius 1 is 1.35 bits per heavy atom. The fraction of sp³-hybridized carbons (Fsp3) is 0.154. The molecule has 0 unspecified atom stereocenters. The monoisotopic (exact) mass is 272 g/mol. The largest absolute Gasteiger partial charge is 0.493 e. The number of benzene rings is 1. The van der Waals surface area contributed by atoms with Crippen molar-refractivity contribution in [3.63, 3.8) is 0 Å². The van der Waals surface area contributed by atoms with Crippen LogP contribution in [0.4, 0.5) is 12.0 Å². The van der Waals surface area contributed by atoms with Crippen LogP contribution in [0.15, 0.2) is 33.5 Å². The van der Waals surface area contributed by atoms with Crippen LogP contribution in [0.5, 0.6) is 5.88 Å². The number of nitrogens with one attached hydrogen (secondary N) is 2. The average molecular weight is 272 g/mol. The van der Waals surface area contributed by atoms with Crippen LogP contribution < -0.4 is 10.9 Å². The molecule has 0 aliphatic carbocycles. The average Bonchev–Trinajstić information content (AvgIpc) is 2.80. The van der Waals surface area contributed by atoms with E-state index in [2.05, 4.69) is 20.3 Å². The second-order valence-corrected chi connectivity index (χ2v) is 4.18. The molecule has 0 fully saturated rings. The molecule has 0 atom stereocenters. The fourth-order valence-electron chi connectivity index (χ4n) is 1.89. The number of anilines is 2. The zero-order valence-corrected chi connectivity index (χ0v) is 10.7. The van der Waals surface area contributed by atoms with E-state index in [1.807, 2.05) is 12.1 Å². The van der Waals surface area contributed by atoms with Crippen molar-refractivity contribution in [1.29, 1.82) is 0 Å². The number of hydrogen-bond donors (Lipinski definition) is 3. The van der Waals surface area contributed by atoms with E-state index in [4.69, 9.17) is 4.42 Å². The molecule has 3 aromatic rings. The first-order chi connectivity index (χ1) is 9.67. The normalized spacial score (nSPS) is 10.8. The summed E-state index contributed by atoms with van der Waals surface area (Å²) in [6, 6.07) is 7.45. The molecule has 7 nitrogen and oxygen atoms in total. The van der Waals surface area contributed by atoms with Crippen molar-refractivity contribution in [2.45, 2.75) is 13.3 Å². The number of aromatic hydroxyl groups is 1. The van der Waals surface area contributed by atoms with Crippen LogP contribution in [0.2, 0.25) is 0 Å². The number of H-pyrrole nitrogens is 1. The van der Waals surface area contributed by atoms with Crippen LogP contribution in [0.3, 0.4) is 0 Å². The van der Waals surface area contributed by atoms with Crippen molar-refractivity contribution < 1.29 is 9.52 Å². The minimum atomic E-state index is -0.390. The van der Waals surface area contributed by atoms with Gasteiger partial charge in [-0.05, 0) is 18.6 Å². The molecular weight excluding hydrogens is 260 g/mol. The fourth-order valence-corrected chi connectivity index (χ4v) is 1.89. The molecule has 0 aliphatic rings.